The van der Waals surface area contributed by atoms with Gasteiger partial charge in [-0.3, -0.25) is 0 Å². The average Bonchev–Trinajstić information content (AvgIpc) is 4.41. The van der Waals surface area contributed by atoms with E-state index < -0.39 is 0 Å². The van der Waals surface area contributed by atoms with E-state index in [0.717, 1.165) is 119 Å². The minimum absolute atomic E-state index is 0.642. The lowest BCUT2D eigenvalue weighted by Crippen LogP contribution is -2.15. The number of hydrogen-bond acceptors (Lipinski definition) is 12. The van der Waals surface area contributed by atoms with Crippen LogP contribution in [0.2, 0.25) is 0 Å². The van der Waals surface area contributed by atoms with Gasteiger partial charge in [0.1, 0.15) is 17.1 Å². The maximum atomic E-state index is 6.33. The van der Waals surface area contributed by atoms with E-state index in [9.17, 15) is 0 Å². The molecule has 15 heteroatoms. The molecule has 3 aliphatic heterocycles. The van der Waals surface area contributed by atoms with Crippen molar-refractivity contribution in [1.29, 1.82) is 0 Å². The lowest BCUT2D eigenvalue weighted by molar-refractivity contribution is 0.476. The van der Waals surface area contributed by atoms with E-state index in [1.54, 1.807) is 14.0 Å². The van der Waals surface area contributed by atoms with E-state index in [0.29, 0.717) is 17.1 Å². The van der Waals surface area contributed by atoms with E-state index in [-0.39, 0.29) is 0 Å². The van der Waals surface area contributed by atoms with Crippen molar-refractivity contribution in [3.63, 3.8) is 0 Å². The minimum atomic E-state index is 0.642. The molecule has 10 aromatic carbocycles. The van der Waals surface area contributed by atoms with E-state index in [2.05, 4.69) is 106 Å². The molecule has 6 heterocycles. The zero-order valence-electron chi connectivity index (χ0n) is 42.8. The van der Waals surface area contributed by atoms with Crippen LogP contribution in [-0.2, 0) is 0 Å². The molecule has 0 spiro atoms. The molecule has 0 fully saturated rings. The normalized spacial score (nSPS) is 12.7. The number of rotatable bonds is 9. The summed E-state index contributed by atoms with van der Waals surface area (Å²) in [4.78, 5) is 6.62. The number of hydrogen-bond donors (Lipinski definition) is 0. The highest BCUT2D eigenvalue weighted by atomic mass is 16.5. The third-order valence-corrected chi connectivity index (χ3v) is 14.7. The Bertz CT molecular complexity index is 4000. The summed E-state index contributed by atoms with van der Waals surface area (Å²) in [7, 11) is 0. The Labute approximate surface area is 463 Å². The maximum Gasteiger partial charge on any atom is 0.151 e. The highest BCUT2D eigenvalue weighted by Gasteiger charge is 2.29. The van der Waals surface area contributed by atoms with Gasteiger partial charge in [0.25, 0.3) is 0 Å². The molecule has 0 saturated heterocycles. The summed E-state index contributed by atoms with van der Waals surface area (Å²) in [5, 5.41) is 28.5. The molecule has 0 amide bonds. The fourth-order valence-electron chi connectivity index (χ4n) is 10.9. The SMILES string of the molecule is c1cc(N2c3ccccc3Oc3ccccc32)cc(-n2cc(-c3cc(-c4cn(-c5cccc(N6c7ccccc7Oc7ccccc76)c5)nn4)cc(-c4cn(-c5cccc(N6c7ccccc7Oc7ccccc76)c5)nn4)c3)nn2)c1. The maximum absolute atomic E-state index is 6.33. The number of benzene rings is 10. The Morgan fingerprint density at radius 3 is 0.728 bits per heavy atom. The van der Waals surface area contributed by atoms with Gasteiger partial charge in [-0.15, -0.1) is 15.3 Å². The number of nitrogens with zero attached hydrogens (tertiary/aromatic N) is 12. The van der Waals surface area contributed by atoms with Crippen molar-refractivity contribution in [2.45, 2.75) is 0 Å². The van der Waals surface area contributed by atoms with Crippen LogP contribution in [0.4, 0.5) is 51.2 Å². The van der Waals surface area contributed by atoms with E-state index in [1.807, 2.05) is 164 Å². The highest BCUT2D eigenvalue weighted by Crippen LogP contribution is 2.53. The molecule has 0 saturated carbocycles. The van der Waals surface area contributed by atoms with Crippen molar-refractivity contribution in [2.24, 2.45) is 0 Å². The van der Waals surface area contributed by atoms with Gasteiger partial charge in [-0.1, -0.05) is 107 Å². The van der Waals surface area contributed by atoms with Crippen LogP contribution in [0.5, 0.6) is 34.5 Å². The van der Waals surface area contributed by atoms with Crippen LogP contribution in [0.15, 0.2) is 255 Å². The zero-order valence-corrected chi connectivity index (χ0v) is 42.8. The second kappa shape index (κ2) is 18.6. The lowest BCUT2D eigenvalue weighted by Gasteiger charge is -2.32. The summed E-state index contributed by atoms with van der Waals surface area (Å²) >= 11 is 0. The molecule has 0 unspecified atom stereocenters. The van der Waals surface area contributed by atoms with Crippen LogP contribution in [-0.4, -0.2) is 45.0 Å². The van der Waals surface area contributed by atoms with E-state index >= 15 is 0 Å². The molecule has 3 aromatic heterocycles. The third kappa shape index (κ3) is 7.90. The summed E-state index contributed by atoms with van der Waals surface area (Å²) in [5.74, 6) is 4.66. The first-order chi connectivity index (χ1) is 40.1. The zero-order chi connectivity index (χ0) is 53.4. The standard InChI is InChI=1S/C66H42N12O3/c1-7-28-61-55(22-1)76(56-23-2-8-29-62(56)79-61)49-19-13-16-46(37-49)73-40-52(67-70-73)43-34-44(53-41-74(71-68-53)47-17-14-20-50(38-47)77-57-24-3-9-30-63(57)80-64-31-10-4-25-58(64)77)36-45(35-43)54-42-75(72-69-54)48-18-15-21-51(39-48)78-59-26-5-11-32-65(59)81-66-33-12-6-27-60(66)78/h1-42H. The fourth-order valence-corrected chi connectivity index (χ4v) is 10.9. The predicted octanol–water partition coefficient (Wildman–Crippen LogP) is 16.2. The summed E-state index contributed by atoms with van der Waals surface area (Å²) in [6.07, 6.45) is 5.83. The topological polar surface area (TPSA) is 130 Å². The Kier molecular flexibility index (Phi) is 10.5. The molecule has 13 aromatic rings. The summed E-state index contributed by atoms with van der Waals surface area (Å²) in [5.41, 5.74) is 15.2. The van der Waals surface area contributed by atoms with Gasteiger partial charge in [-0.05, 0) is 146 Å². The number of ether oxygens (including phenoxy) is 3. The number of anilines is 9. The molecule has 0 atom stereocenters. The summed E-state index contributed by atoms with van der Waals surface area (Å²) in [6.45, 7) is 0. The highest BCUT2D eigenvalue weighted by molar-refractivity contribution is 5.89. The van der Waals surface area contributed by atoms with E-state index in [4.69, 9.17) is 45.1 Å². The summed E-state index contributed by atoms with van der Waals surface area (Å²) in [6, 6.07) is 79.2. The Morgan fingerprint density at radius 2 is 0.469 bits per heavy atom. The first-order valence-corrected chi connectivity index (χ1v) is 26.3. The van der Waals surface area contributed by atoms with Crippen molar-refractivity contribution in [3.05, 3.63) is 255 Å². The van der Waals surface area contributed by atoms with Crippen molar-refractivity contribution >= 4 is 51.2 Å². The molecule has 15 nitrogen and oxygen atoms in total. The van der Waals surface area contributed by atoms with Crippen molar-refractivity contribution < 1.29 is 14.2 Å². The largest absolute Gasteiger partial charge is 0.453 e. The van der Waals surface area contributed by atoms with Gasteiger partial charge < -0.3 is 28.9 Å². The molecule has 0 aliphatic carbocycles. The van der Waals surface area contributed by atoms with Crippen LogP contribution in [0, 0.1) is 0 Å². The average molecular weight is 1050 g/mol. The third-order valence-electron chi connectivity index (χ3n) is 14.7. The molecule has 0 radical (unpaired) electrons. The first kappa shape index (κ1) is 45.6. The van der Waals surface area contributed by atoms with Crippen LogP contribution >= 0.6 is 0 Å². The number of fused-ring (bicyclic) bond motifs is 6. The predicted molar refractivity (Wildman–Crippen MR) is 312 cm³/mol. The fraction of sp³-hybridized carbons (Fsp3) is 0. The molecule has 16 rings (SSSR count). The molecule has 3 aliphatic rings. The second-order valence-electron chi connectivity index (χ2n) is 19.6. The number of aromatic nitrogens is 9. The molecule has 0 bridgehead atoms. The van der Waals surface area contributed by atoms with Gasteiger partial charge >= 0.3 is 0 Å². The van der Waals surface area contributed by atoms with Gasteiger partial charge in [0.05, 0.1) is 69.8 Å². The smallest absolute Gasteiger partial charge is 0.151 e. The van der Waals surface area contributed by atoms with Crippen molar-refractivity contribution in [2.75, 3.05) is 14.7 Å². The van der Waals surface area contributed by atoms with Crippen LogP contribution in [0.3, 0.4) is 0 Å². The lowest BCUT2D eigenvalue weighted by atomic mass is 10.0. The van der Waals surface area contributed by atoms with Crippen molar-refractivity contribution in [3.8, 4) is 85.3 Å². The van der Waals surface area contributed by atoms with Gasteiger partial charge in [-0.2, -0.15) is 0 Å². The van der Waals surface area contributed by atoms with Gasteiger partial charge in [0.15, 0.2) is 34.5 Å². The molecule has 384 valence electrons. The van der Waals surface area contributed by atoms with E-state index in [1.165, 1.54) is 0 Å². The quantitative estimate of drug-likeness (QED) is 0.136. The van der Waals surface area contributed by atoms with Gasteiger partial charge in [0.2, 0.25) is 0 Å². The Hall–Kier alpha value is -11.6. The van der Waals surface area contributed by atoms with Crippen molar-refractivity contribution in [1.82, 2.24) is 45.0 Å². The summed E-state index contributed by atoms with van der Waals surface area (Å²) < 4.78 is 24.4. The minimum Gasteiger partial charge on any atom is -0.453 e. The monoisotopic (exact) mass is 1050 g/mol. The van der Waals surface area contributed by atoms with Crippen LogP contribution in [0.1, 0.15) is 0 Å². The second-order valence-corrected chi connectivity index (χ2v) is 19.6. The number of para-hydroxylation sites is 12. The van der Waals surface area contributed by atoms with Gasteiger partial charge in [0, 0.05) is 33.8 Å². The van der Waals surface area contributed by atoms with Crippen LogP contribution in [0.25, 0.3) is 50.8 Å². The Balaban J connectivity index is 0.773. The molecule has 0 N–H and O–H groups in total. The van der Waals surface area contributed by atoms with Crippen LogP contribution < -0.4 is 28.9 Å². The molecular weight excluding hydrogens is 1010 g/mol. The molecule has 81 heavy (non-hydrogen) atoms. The molecular formula is C66H42N12O3. The Morgan fingerprint density at radius 1 is 0.235 bits per heavy atom. The first-order valence-electron chi connectivity index (χ1n) is 26.3. The van der Waals surface area contributed by atoms with Gasteiger partial charge in [-0.25, -0.2) is 14.0 Å².